The number of rotatable bonds is 6. The molecule has 3 aromatic rings. The minimum Gasteiger partial charge on any atom is -0.379 e. The second kappa shape index (κ2) is 9.32. The number of aromatic nitrogens is 3. The lowest BCUT2D eigenvalue weighted by atomic mass is 9.95. The average molecular weight is 451 g/mol. The van der Waals surface area contributed by atoms with Crippen LogP contribution in [0.5, 0.6) is 0 Å². The molecule has 0 radical (unpaired) electrons. The van der Waals surface area contributed by atoms with Crippen molar-refractivity contribution in [1.82, 2.24) is 19.7 Å². The first kappa shape index (κ1) is 21.0. The van der Waals surface area contributed by atoms with Gasteiger partial charge in [-0.3, -0.25) is 9.36 Å². The lowest BCUT2D eigenvalue weighted by Crippen LogP contribution is -2.41. The van der Waals surface area contributed by atoms with Gasteiger partial charge in [-0.15, -0.1) is 10.2 Å². The number of carbonyl (C=O) groups excluding carboxylic acids is 1. The highest BCUT2D eigenvalue weighted by Gasteiger charge is 2.30. The molecule has 2 aliphatic rings. The van der Waals surface area contributed by atoms with Crippen molar-refractivity contribution in [3.8, 4) is 5.13 Å². The van der Waals surface area contributed by atoms with Gasteiger partial charge in [-0.25, -0.2) is 0 Å². The summed E-state index contributed by atoms with van der Waals surface area (Å²) in [5.74, 6) is 0.527. The van der Waals surface area contributed by atoms with Gasteiger partial charge in [-0.2, -0.15) is 0 Å². The van der Waals surface area contributed by atoms with Crippen molar-refractivity contribution >= 4 is 28.1 Å². The molecule has 2 saturated heterocycles. The Kier molecular flexibility index (Phi) is 6.12. The molecule has 2 fully saturated rings. The van der Waals surface area contributed by atoms with E-state index in [1.54, 1.807) is 11.3 Å². The van der Waals surface area contributed by atoms with Crippen LogP contribution in [0.2, 0.25) is 0 Å². The number of hydrogen-bond donors (Lipinski definition) is 1. The number of benzene rings is 1. The molecular weight excluding hydrogens is 420 g/mol. The van der Waals surface area contributed by atoms with E-state index in [9.17, 15) is 4.79 Å². The molecule has 8 heteroatoms. The molecule has 0 aliphatic carbocycles. The van der Waals surface area contributed by atoms with Gasteiger partial charge in [-0.1, -0.05) is 29.0 Å². The maximum Gasteiger partial charge on any atom is 0.225 e. The van der Waals surface area contributed by atoms with Crippen molar-refractivity contribution in [3.05, 3.63) is 53.9 Å². The van der Waals surface area contributed by atoms with Crippen LogP contribution in [0.25, 0.3) is 5.13 Å². The normalized spacial score (nSPS) is 17.2. The fourth-order valence-electron chi connectivity index (χ4n) is 4.56. The lowest BCUT2D eigenvalue weighted by Gasteiger charge is -2.32. The zero-order chi connectivity index (χ0) is 21.9. The second-order valence-corrected chi connectivity index (χ2v) is 9.68. The summed E-state index contributed by atoms with van der Waals surface area (Å²) in [6.07, 6.45) is 6.15. The summed E-state index contributed by atoms with van der Waals surface area (Å²) in [6, 6.07) is 12.6. The average Bonchev–Trinajstić information content (AvgIpc) is 3.60. The molecule has 0 unspecified atom stereocenters. The number of hydrogen-bond acceptors (Lipinski definition) is 6. The molecular formula is C24H30N6OS. The Balaban J connectivity index is 1.20. The zero-order valence-corrected chi connectivity index (χ0v) is 19.4. The molecule has 168 valence electrons. The summed E-state index contributed by atoms with van der Waals surface area (Å²) >= 11 is 1.61. The first-order valence-corrected chi connectivity index (χ1v) is 12.3. The van der Waals surface area contributed by atoms with Gasteiger partial charge in [0.25, 0.3) is 0 Å². The molecule has 0 saturated carbocycles. The smallest absolute Gasteiger partial charge is 0.225 e. The van der Waals surface area contributed by atoms with Crippen molar-refractivity contribution in [2.45, 2.75) is 39.2 Å². The first-order chi connectivity index (χ1) is 15.7. The molecule has 2 aliphatic heterocycles. The Morgan fingerprint density at radius 1 is 1.03 bits per heavy atom. The Bertz CT molecular complexity index is 1040. The predicted octanol–water partition coefficient (Wildman–Crippen LogP) is 4.09. The molecule has 32 heavy (non-hydrogen) atoms. The third kappa shape index (κ3) is 4.50. The van der Waals surface area contributed by atoms with Crippen LogP contribution >= 0.6 is 11.3 Å². The minimum atomic E-state index is 0.167. The Morgan fingerprint density at radius 3 is 2.50 bits per heavy atom. The van der Waals surface area contributed by atoms with E-state index in [0.29, 0.717) is 5.91 Å². The number of amides is 1. The van der Waals surface area contributed by atoms with Crippen LogP contribution in [0.15, 0.2) is 42.6 Å². The van der Waals surface area contributed by atoms with Gasteiger partial charge in [0.1, 0.15) is 0 Å². The van der Waals surface area contributed by atoms with E-state index in [2.05, 4.69) is 67.1 Å². The summed E-state index contributed by atoms with van der Waals surface area (Å²) in [7, 11) is 0. The van der Waals surface area contributed by atoms with Crippen molar-refractivity contribution in [2.75, 3.05) is 36.4 Å². The van der Waals surface area contributed by atoms with Crippen LogP contribution < -0.4 is 10.2 Å². The van der Waals surface area contributed by atoms with Gasteiger partial charge >= 0.3 is 0 Å². The topological polar surface area (TPSA) is 66.3 Å². The molecule has 0 spiro atoms. The van der Waals surface area contributed by atoms with E-state index in [0.717, 1.165) is 80.1 Å². The van der Waals surface area contributed by atoms with Gasteiger partial charge in [0.05, 0.1) is 6.54 Å². The number of aryl methyl sites for hydroxylation is 1. The maximum atomic E-state index is 12.7. The predicted molar refractivity (Wildman–Crippen MR) is 128 cm³/mol. The van der Waals surface area contributed by atoms with Crippen LogP contribution in [0, 0.1) is 12.8 Å². The quantitative estimate of drug-likeness (QED) is 0.613. The number of likely N-dealkylation sites (tertiary alicyclic amines) is 1. The number of anilines is 2. The summed E-state index contributed by atoms with van der Waals surface area (Å²) in [6.45, 7) is 6.43. The van der Waals surface area contributed by atoms with E-state index in [1.807, 2.05) is 12.3 Å². The van der Waals surface area contributed by atoms with Crippen LogP contribution in [0.1, 0.15) is 36.9 Å². The minimum absolute atomic E-state index is 0.167. The standard InChI is InChI=1S/C24H30N6OS/c1-18-6-8-20(9-7-18)25-17-21-5-4-14-30(21)24-27-26-23(32-24)29-15-10-19(11-16-29)22(31)28-12-2-3-13-28/h4-9,14,19,25H,2-3,10-13,15-17H2,1H3. The van der Waals surface area contributed by atoms with E-state index < -0.39 is 0 Å². The summed E-state index contributed by atoms with van der Waals surface area (Å²) in [5.41, 5.74) is 3.50. The highest BCUT2D eigenvalue weighted by Crippen LogP contribution is 2.29. The molecule has 1 amide bonds. The van der Waals surface area contributed by atoms with Crippen LogP contribution in [0.4, 0.5) is 10.8 Å². The molecule has 1 aromatic carbocycles. The van der Waals surface area contributed by atoms with Gasteiger partial charge in [-0.05, 0) is 56.9 Å². The molecule has 0 bridgehead atoms. The van der Waals surface area contributed by atoms with Crippen molar-refractivity contribution in [1.29, 1.82) is 0 Å². The molecule has 1 N–H and O–H groups in total. The van der Waals surface area contributed by atoms with Gasteiger partial charge in [0, 0.05) is 49.7 Å². The molecule has 2 aromatic heterocycles. The second-order valence-electron chi connectivity index (χ2n) is 8.75. The first-order valence-electron chi connectivity index (χ1n) is 11.5. The van der Waals surface area contributed by atoms with Crippen LogP contribution in [-0.2, 0) is 11.3 Å². The maximum absolute atomic E-state index is 12.7. The molecule has 5 rings (SSSR count). The molecule has 0 atom stereocenters. The molecule has 4 heterocycles. The third-order valence-corrected chi connectivity index (χ3v) is 7.48. The fraction of sp³-hybridized carbons (Fsp3) is 0.458. The van der Waals surface area contributed by atoms with E-state index >= 15 is 0 Å². The van der Waals surface area contributed by atoms with Crippen LogP contribution in [0.3, 0.4) is 0 Å². The number of piperidine rings is 1. The van der Waals surface area contributed by atoms with Crippen LogP contribution in [-0.4, -0.2) is 51.8 Å². The molecule has 7 nitrogen and oxygen atoms in total. The highest BCUT2D eigenvalue weighted by atomic mass is 32.1. The Labute approximate surface area is 193 Å². The number of nitrogens with zero attached hydrogens (tertiary/aromatic N) is 5. The van der Waals surface area contributed by atoms with Crippen molar-refractivity contribution < 1.29 is 4.79 Å². The summed E-state index contributed by atoms with van der Waals surface area (Å²) < 4.78 is 2.10. The van der Waals surface area contributed by atoms with Crippen molar-refractivity contribution in [2.24, 2.45) is 5.92 Å². The third-order valence-electron chi connectivity index (χ3n) is 6.50. The van der Waals surface area contributed by atoms with E-state index in [4.69, 9.17) is 0 Å². The Morgan fingerprint density at radius 2 is 1.75 bits per heavy atom. The number of nitrogens with one attached hydrogen (secondary N) is 1. The van der Waals surface area contributed by atoms with Gasteiger partial charge < -0.3 is 15.1 Å². The summed E-state index contributed by atoms with van der Waals surface area (Å²) in [4.78, 5) is 17.0. The SMILES string of the molecule is Cc1ccc(NCc2cccn2-c2nnc(N3CCC(C(=O)N4CCCC4)CC3)s2)cc1. The largest absolute Gasteiger partial charge is 0.379 e. The summed E-state index contributed by atoms with van der Waals surface area (Å²) in [5, 5.41) is 14.2. The van der Waals surface area contributed by atoms with Gasteiger partial charge in [0.2, 0.25) is 16.2 Å². The fourth-order valence-corrected chi connectivity index (χ4v) is 5.47. The van der Waals surface area contributed by atoms with Crippen molar-refractivity contribution in [3.63, 3.8) is 0 Å². The monoisotopic (exact) mass is 450 g/mol. The highest BCUT2D eigenvalue weighted by molar-refractivity contribution is 7.17. The lowest BCUT2D eigenvalue weighted by molar-refractivity contribution is -0.135. The number of carbonyl (C=O) groups is 1. The zero-order valence-electron chi connectivity index (χ0n) is 18.5. The Hall–Kier alpha value is -2.87. The van der Waals surface area contributed by atoms with E-state index in [1.165, 1.54) is 5.56 Å². The van der Waals surface area contributed by atoms with E-state index in [-0.39, 0.29) is 5.92 Å². The van der Waals surface area contributed by atoms with Gasteiger partial charge in [0.15, 0.2) is 0 Å².